The Labute approximate surface area is 192 Å². The van der Waals surface area contributed by atoms with Gasteiger partial charge in [-0.1, -0.05) is 42.8 Å². The minimum absolute atomic E-state index is 0.322. The molecule has 0 N–H and O–H groups in total. The summed E-state index contributed by atoms with van der Waals surface area (Å²) in [5, 5.41) is 0. The number of imidazole rings is 1. The van der Waals surface area contributed by atoms with Gasteiger partial charge in [-0.15, -0.1) is 0 Å². The van der Waals surface area contributed by atoms with Gasteiger partial charge in [0.25, 0.3) is 0 Å². The van der Waals surface area contributed by atoms with Crippen LogP contribution < -0.4 is 0 Å². The summed E-state index contributed by atoms with van der Waals surface area (Å²) in [6, 6.07) is 21.2. The number of hydrogen-bond acceptors (Lipinski definition) is 3. The first-order valence-corrected chi connectivity index (χ1v) is 11.0. The van der Waals surface area contributed by atoms with Crippen LogP contribution in [-0.4, -0.2) is 19.5 Å². The molecule has 3 aromatic heterocycles. The smallest absolute Gasteiger partial charge is 0.156 e. The molecule has 0 atom stereocenters. The molecule has 2 aromatic carbocycles. The third-order valence-electron chi connectivity index (χ3n) is 5.74. The van der Waals surface area contributed by atoms with Gasteiger partial charge in [-0.05, 0) is 55.3 Å². The average Bonchev–Trinajstić information content (AvgIpc) is 3.34. The monoisotopic (exact) mass is 434 g/mol. The zero-order valence-electron chi connectivity index (χ0n) is 18.5. The minimum atomic E-state index is -0.322. The summed E-state index contributed by atoms with van der Waals surface area (Å²) in [6.45, 7) is 4.07. The number of benzene rings is 2. The summed E-state index contributed by atoms with van der Waals surface area (Å²) in [6.07, 6.45) is 7.60. The summed E-state index contributed by atoms with van der Waals surface area (Å²) in [5.41, 5.74) is 6.11. The van der Waals surface area contributed by atoms with E-state index in [0.717, 1.165) is 27.9 Å². The van der Waals surface area contributed by atoms with Gasteiger partial charge in [0.05, 0.1) is 17.1 Å². The summed E-state index contributed by atoms with van der Waals surface area (Å²) in [7, 11) is 0. The van der Waals surface area contributed by atoms with Gasteiger partial charge in [0.15, 0.2) is 5.82 Å². The molecule has 0 saturated heterocycles. The van der Waals surface area contributed by atoms with Crippen molar-refractivity contribution in [3.8, 4) is 39.6 Å². The summed E-state index contributed by atoms with van der Waals surface area (Å²) < 4.78 is 18.2. The summed E-state index contributed by atoms with van der Waals surface area (Å²) >= 11 is 0. The predicted molar refractivity (Wildman–Crippen MR) is 130 cm³/mol. The van der Waals surface area contributed by atoms with E-state index in [4.69, 9.17) is 0 Å². The zero-order chi connectivity index (χ0) is 22.8. The Kier molecular flexibility index (Phi) is 5.53. The lowest BCUT2D eigenvalue weighted by atomic mass is 9.94. The highest BCUT2D eigenvalue weighted by Crippen LogP contribution is 2.38. The van der Waals surface area contributed by atoms with Crippen molar-refractivity contribution in [1.29, 1.82) is 0 Å². The van der Waals surface area contributed by atoms with Crippen LogP contribution in [0, 0.1) is 12.7 Å². The Hall–Kier alpha value is -4.12. The van der Waals surface area contributed by atoms with Crippen molar-refractivity contribution < 1.29 is 4.39 Å². The van der Waals surface area contributed by atoms with Crippen LogP contribution in [0.1, 0.15) is 18.1 Å². The van der Waals surface area contributed by atoms with E-state index in [1.165, 1.54) is 0 Å². The molecule has 4 nitrogen and oxygen atoms in total. The number of halogens is 1. The molecule has 0 saturated carbocycles. The van der Waals surface area contributed by atoms with Crippen LogP contribution in [0.2, 0.25) is 0 Å². The van der Waals surface area contributed by atoms with E-state index in [2.05, 4.69) is 21.0 Å². The van der Waals surface area contributed by atoms with E-state index >= 15 is 4.39 Å². The molecule has 0 aliphatic rings. The van der Waals surface area contributed by atoms with Gasteiger partial charge in [-0.2, -0.15) is 0 Å². The fraction of sp³-hybridized carbons (Fsp3) is 0.107. The van der Waals surface area contributed by atoms with Crippen molar-refractivity contribution in [1.82, 2.24) is 19.5 Å². The topological polar surface area (TPSA) is 43.6 Å². The van der Waals surface area contributed by atoms with E-state index in [1.54, 1.807) is 18.6 Å². The highest BCUT2D eigenvalue weighted by molar-refractivity contribution is 5.79. The van der Waals surface area contributed by atoms with Gasteiger partial charge >= 0.3 is 0 Å². The van der Waals surface area contributed by atoms with E-state index in [-0.39, 0.29) is 5.82 Å². The van der Waals surface area contributed by atoms with Gasteiger partial charge in [-0.25, -0.2) is 9.37 Å². The number of aromatic nitrogens is 4. The molecule has 33 heavy (non-hydrogen) atoms. The Morgan fingerprint density at radius 3 is 2.15 bits per heavy atom. The van der Waals surface area contributed by atoms with Crippen LogP contribution >= 0.6 is 0 Å². The first-order valence-electron chi connectivity index (χ1n) is 11.0. The molecule has 0 radical (unpaired) electrons. The highest BCUT2D eigenvalue weighted by Gasteiger charge is 2.23. The lowest BCUT2D eigenvalue weighted by molar-refractivity contribution is 0.619. The highest BCUT2D eigenvalue weighted by atomic mass is 19.1. The quantitative estimate of drug-likeness (QED) is 0.310. The van der Waals surface area contributed by atoms with Gasteiger partial charge in [0.1, 0.15) is 5.82 Å². The van der Waals surface area contributed by atoms with Gasteiger partial charge in [0, 0.05) is 41.5 Å². The molecule has 0 spiro atoms. The number of hydrogen-bond donors (Lipinski definition) is 0. The van der Waals surface area contributed by atoms with Crippen molar-refractivity contribution in [3.05, 3.63) is 108 Å². The Bertz CT molecular complexity index is 1410. The van der Waals surface area contributed by atoms with Crippen molar-refractivity contribution >= 4 is 0 Å². The standard InChI is InChI=1S/C28H23FN4/c1-3-21-22(24-11-4-6-13-30-24)18-23(25-12-5-7-14-31-25)26(29)27(21)33-16-15-32-28(33)20-10-8-9-19(2)17-20/h4-18H,3H2,1-2H3. The van der Waals surface area contributed by atoms with Crippen molar-refractivity contribution in [2.24, 2.45) is 0 Å². The van der Waals surface area contributed by atoms with Crippen LogP contribution in [-0.2, 0) is 6.42 Å². The van der Waals surface area contributed by atoms with Crippen molar-refractivity contribution in [3.63, 3.8) is 0 Å². The zero-order valence-corrected chi connectivity index (χ0v) is 18.5. The first-order chi connectivity index (χ1) is 16.2. The minimum Gasteiger partial charge on any atom is -0.297 e. The second kappa shape index (κ2) is 8.79. The molecule has 162 valence electrons. The fourth-order valence-corrected chi connectivity index (χ4v) is 4.23. The average molecular weight is 435 g/mol. The Morgan fingerprint density at radius 1 is 0.788 bits per heavy atom. The third-order valence-corrected chi connectivity index (χ3v) is 5.74. The Morgan fingerprint density at radius 2 is 1.52 bits per heavy atom. The van der Waals surface area contributed by atoms with E-state index < -0.39 is 0 Å². The molecule has 0 aliphatic carbocycles. The maximum absolute atomic E-state index is 16.3. The molecular formula is C28H23FN4. The van der Waals surface area contributed by atoms with Crippen LogP contribution in [0.4, 0.5) is 4.39 Å². The van der Waals surface area contributed by atoms with Crippen LogP contribution in [0.15, 0.2) is 91.5 Å². The largest absolute Gasteiger partial charge is 0.297 e. The Balaban J connectivity index is 1.84. The second-order valence-corrected chi connectivity index (χ2v) is 7.89. The second-order valence-electron chi connectivity index (χ2n) is 7.89. The van der Waals surface area contributed by atoms with Crippen molar-refractivity contribution in [2.45, 2.75) is 20.3 Å². The van der Waals surface area contributed by atoms with Gasteiger partial charge < -0.3 is 0 Å². The molecule has 5 heteroatoms. The SMILES string of the molecule is CCc1c(-c2ccccn2)cc(-c2ccccn2)c(F)c1-n1ccnc1-c1cccc(C)c1. The number of aryl methyl sites for hydroxylation is 1. The molecule has 0 unspecified atom stereocenters. The lowest BCUT2D eigenvalue weighted by Gasteiger charge is -2.20. The lowest BCUT2D eigenvalue weighted by Crippen LogP contribution is -2.08. The molecule has 0 amide bonds. The van der Waals surface area contributed by atoms with E-state index in [0.29, 0.717) is 29.2 Å². The predicted octanol–water partition coefficient (Wildman–Crippen LogP) is 6.67. The molecule has 5 aromatic rings. The van der Waals surface area contributed by atoms with E-state index in [9.17, 15) is 0 Å². The molecule has 5 rings (SSSR count). The third kappa shape index (κ3) is 3.82. The van der Waals surface area contributed by atoms with E-state index in [1.807, 2.05) is 85.3 Å². The van der Waals surface area contributed by atoms with Crippen LogP contribution in [0.25, 0.3) is 39.6 Å². The fourth-order valence-electron chi connectivity index (χ4n) is 4.23. The molecule has 0 aliphatic heterocycles. The molecule has 0 fully saturated rings. The molecule has 0 bridgehead atoms. The maximum atomic E-state index is 16.3. The number of rotatable bonds is 5. The van der Waals surface area contributed by atoms with Gasteiger partial charge in [0.2, 0.25) is 0 Å². The maximum Gasteiger partial charge on any atom is 0.156 e. The first kappa shape index (κ1) is 20.8. The molecular weight excluding hydrogens is 411 g/mol. The van der Waals surface area contributed by atoms with Crippen LogP contribution in [0.5, 0.6) is 0 Å². The summed E-state index contributed by atoms with van der Waals surface area (Å²) in [5.74, 6) is 0.370. The number of nitrogens with zero attached hydrogens (tertiary/aromatic N) is 4. The molecule has 3 heterocycles. The van der Waals surface area contributed by atoms with Crippen molar-refractivity contribution in [2.75, 3.05) is 0 Å². The number of pyridine rings is 2. The summed E-state index contributed by atoms with van der Waals surface area (Å²) in [4.78, 5) is 13.6. The van der Waals surface area contributed by atoms with Crippen LogP contribution in [0.3, 0.4) is 0 Å². The normalized spacial score (nSPS) is 11.0. The van der Waals surface area contributed by atoms with Gasteiger partial charge in [-0.3, -0.25) is 14.5 Å².